The molecule has 0 atom stereocenters. The number of nitrogens with one attached hydrogen (secondary N) is 1. The van der Waals surface area contributed by atoms with Gasteiger partial charge in [-0.2, -0.15) is 0 Å². The van der Waals surface area contributed by atoms with Crippen molar-refractivity contribution >= 4 is 11.8 Å². The molecule has 1 saturated heterocycles. The third kappa shape index (κ3) is 2.27. The Labute approximate surface area is 127 Å². The molecule has 21 heavy (non-hydrogen) atoms. The number of nitrogens with zero attached hydrogens (tertiary/aromatic N) is 1. The van der Waals surface area contributed by atoms with Gasteiger partial charge in [-0.05, 0) is 38.0 Å². The second kappa shape index (κ2) is 5.29. The molecule has 1 heterocycles. The second-order valence-corrected chi connectivity index (χ2v) is 7.17. The predicted molar refractivity (Wildman–Crippen MR) is 81.7 cm³/mol. The van der Waals surface area contributed by atoms with Gasteiger partial charge in [-0.1, -0.05) is 39.5 Å². The van der Waals surface area contributed by atoms with Gasteiger partial charge in [-0.3, -0.25) is 9.59 Å². The first-order valence-electron chi connectivity index (χ1n) is 8.72. The average molecular weight is 292 g/mol. The summed E-state index contributed by atoms with van der Waals surface area (Å²) in [5, 5.41) is 3.11. The summed E-state index contributed by atoms with van der Waals surface area (Å²) in [6.45, 7) is 4.79. The zero-order valence-electron chi connectivity index (χ0n) is 13.4. The van der Waals surface area contributed by atoms with Crippen molar-refractivity contribution in [3.63, 3.8) is 0 Å². The second-order valence-electron chi connectivity index (χ2n) is 7.17. The summed E-state index contributed by atoms with van der Waals surface area (Å²) in [5.74, 6) is 1.08. The highest BCUT2D eigenvalue weighted by Crippen LogP contribution is 2.42. The first-order chi connectivity index (χ1) is 10.1. The first-order valence-corrected chi connectivity index (χ1v) is 8.72. The van der Waals surface area contributed by atoms with Crippen LogP contribution in [0.1, 0.15) is 71.6 Å². The molecular weight excluding hydrogens is 264 g/mol. The van der Waals surface area contributed by atoms with Gasteiger partial charge < -0.3 is 10.2 Å². The van der Waals surface area contributed by atoms with Gasteiger partial charge in [0.05, 0.1) is 0 Å². The van der Waals surface area contributed by atoms with Gasteiger partial charge in [0.15, 0.2) is 0 Å². The van der Waals surface area contributed by atoms with Crippen LogP contribution in [0.4, 0.5) is 0 Å². The largest absolute Gasteiger partial charge is 0.340 e. The molecule has 1 N–H and O–H groups in total. The molecule has 3 rings (SSSR count). The average Bonchev–Trinajstić information content (AvgIpc) is 3.19. The smallest absolute Gasteiger partial charge is 0.249 e. The Morgan fingerprint density at radius 1 is 1.14 bits per heavy atom. The van der Waals surface area contributed by atoms with E-state index in [1.807, 2.05) is 18.7 Å². The molecule has 1 aliphatic heterocycles. The quantitative estimate of drug-likeness (QED) is 0.847. The molecule has 3 aliphatic rings. The van der Waals surface area contributed by atoms with Crippen molar-refractivity contribution < 1.29 is 9.59 Å². The molecule has 4 heteroatoms. The van der Waals surface area contributed by atoms with Crippen molar-refractivity contribution in [2.24, 2.45) is 5.92 Å². The van der Waals surface area contributed by atoms with Crippen molar-refractivity contribution in [1.82, 2.24) is 10.2 Å². The molecule has 4 nitrogen and oxygen atoms in total. The van der Waals surface area contributed by atoms with Crippen LogP contribution in [-0.4, -0.2) is 34.3 Å². The topological polar surface area (TPSA) is 49.4 Å². The molecule has 0 aromatic heterocycles. The maximum atomic E-state index is 13.2. The SMILES string of the molecule is CCC1(CC)NC(=O)C2(CCCC2)N(CCC2CC2)C1=O. The molecule has 2 saturated carbocycles. The van der Waals surface area contributed by atoms with E-state index in [4.69, 9.17) is 0 Å². The summed E-state index contributed by atoms with van der Waals surface area (Å²) in [5.41, 5.74) is -1.19. The Bertz CT molecular complexity index is 432. The number of hydrogen-bond acceptors (Lipinski definition) is 2. The van der Waals surface area contributed by atoms with E-state index in [1.165, 1.54) is 12.8 Å². The Kier molecular flexibility index (Phi) is 3.74. The molecule has 2 amide bonds. The van der Waals surface area contributed by atoms with Gasteiger partial charge in [-0.25, -0.2) is 0 Å². The molecule has 2 aliphatic carbocycles. The minimum absolute atomic E-state index is 0.110. The van der Waals surface area contributed by atoms with Crippen molar-refractivity contribution in [2.75, 3.05) is 6.54 Å². The molecule has 0 aromatic rings. The lowest BCUT2D eigenvalue weighted by Gasteiger charge is -2.51. The van der Waals surface area contributed by atoms with Crippen LogP contribution >= 0.6 is 0 Å². The van der Waals surface area contributed by atoms with Crippen LogP contribution in [0.25, 0.3) is 0 Å². The number of hydrogen-bond donors (Lipinski definition) is 1. The summed E-state index contributed by atoms with van der Waals surface area (Å²) in [6.07, 6.45) is 8.86. The molecule has 0 unspecified atom stereocenters. The summed E-state index contributed by atoms with van der Waals surface area (Å²) in [4.78, 5) is 28.0. The fourth-order valence-electron chi connectivity index (χ4n) is 4.18. The molecular formula is C17H28N2O2. The maximum Gasteiger partial charge on any atom is 0.249 e. The highest BCUT2D eigenvalue weighted by atomic mass is 16.2. The molecule has 0 bridgehead atoms. The Morgan fingerprint density at radius 2 is 1.76 bits per heavy atom. The van der Waals surface area contributed by atoms with Crippen molar-refractivity contribution in [2.45, 2.75) is 82.7 Å². The lowest BCUT2D eigenvalue weighted by atomic mass is 9.81. The van der Waals surface area contributed by atoms with E-state index >= 15 is 0 Å². The van der Waals surface area contributed by atoms with E-state index in [-0.39, 0.29) is 11.8 Å². The normalized spacial score (nSPS) is 27.2. The van der Waals surface area contributed by atoms with E-state index in [0.29, 0.717) is 12.8 Å². The van der Waals surface area contributed by atoms with Gasteiger partial charge in [0, 0.05) is 6.54 Å². The third-order valence-electron chi connectivity index (χ3n) is 6.04. The van der Waals surface area contributed by atoms with Crippen molar-refractivity contribution in [3.8, 4) is 0 Å². The first kappa shape index (κ1) is 14.9. The van der Waals surface area contributed by atoms with Crippen LogP contribution in [0.2, 0.25) is 0 Å². The molecule has 0 aromatic carbocycles. The van der Waals surface area contributed by atoms with Gasteiger partial charge >= 0.3 is 0 Å². The monoisotopic (exact) mass is 292 g/mol. The lowest BCUT2D eigenvalue weighted by Crippen LogP contribution is -2.75. The Morgan fingerprint density at radius 3 is 2.29 bits per heavy atom. The van der Waals surface area contributed by atoms with E-state index in [2.05, 4.69) is 5.32 Å². The van der Waals surface area contributed by atoms with Crippen LogP contribution in [0.15, 0.2) is 0 Å². The van der Waals surface area contributed by atoms with E-state index in [0.717, 1.165) is 44.6 Å². The van der Waals surface area contributed by atoms with Gasteiger partial charge in [-0.15, -0.1) is 0 Å². The van der Waals surface area contributed by atoms with E-state index in [9.17, 15) is 9.59 Å². The van der Waals surface area contributed by atoms with Crippen LogP contribution < -0.4 is 5.32 Å². The predicted octanol–water partition coefficient (Wildman–Crippen LogP) is 2.62. The van der Waals surface area contributed by atoms with Crippen molar-refractivity contribution in [3.05, 3.63) is 0 Å². The molecule has 3 fully saturated rings. The fourth-order valence-corrected chi connectivity index (χ4v) is 4.18. The zero-order chi connectivity index (χ0) is 15.1. The van der Waals surface area contributed by atoms with Gasteiger partial charge in [0.25, 0.3) is 0 Å². The fraction of sp³-hybridized carbons (Fsp3) is 0.882. The van der Waals surface area contributed by atoms with Crippen LogP contribution in [0.3, 0.4) is 0 Å². The van der Waals surface area contributed by atoms with Crippen LogP contribution in [0.5, 0.6) is 0 Å². The highest BCUT2D eigenvalue weighted by molar-refractivity contribution is 6.02. The number of carbonyl (C=O) groups is 2. The minimum Gasteiger partial charge on any atom is -0.340 e. The summed E-state index contributed by atoms with van der Waals surface area (Å²) in [7, 11) is 0. The van der Waals surface area contributed by atoms with E-state index in [1.54, 1.807) is 0 Å². The summed E-state index contributed by atoms with van der Waals surface area (Å²) >= 11 is 0. The lowest BCUT2D eigenvalue weighted by molar-refractivity contribution is -0.163. The zero-order valence-corrected chi connectivity index (χ0v) is 13.4. The highest BCUT2D eigenvalue weighted by Gasteiger charge is 2.57. The maximum absolute atomic E-state index is 13.2. The van der Waals surface area contributed by atoms with Crippen LogP contribution in [-0.2, 0) is 9.59 Å². The Balaban J connectivity index is 1.89. The Hall–Kier alpha value is -1.06. The number of amides is 2. The summed E-state index contributed by atoms with van der Waals surface area (Å²) in [6, 6.07) is 0. The van der Waals surface area contributed by atoms with Gasteiger partial charge in [0.1, 0.15) is 11.1 Å². The number of rotatable bonds is 5. The molecule has 118 valence electrons. The van der Waals surface area contributed by atoms with Crippen LogP contribution in [0, 0.1) is 5.92 Å². The minimum atomic E-state index is -0.658. The van der Waals surface area contributed by atoms with E-state index < -0.39 is 11.1 Å². The number of carbonyl (C=O) groups excluding carboxylic acids is 2. The standard InChI is InChI=1S/C17H28N2O2/c1-3-16(4-2)15(21)19(12-9-13-7-8-13)17(14(20)18-16)10-5-6-11-17/h13H,3-12H2,1-2H3,(H,18,20). The number of piperazine rings is 1. The van der Waals surface area contributed by atoms with Crippen molar-refractivity contribution in [1.29, 1.82) is 0 Å². The molecule has 1 spiro atoms. The van der Waals surface area contributed by atoms with Gasteiger partial charge in [0.2, 0.25) is 11.8 Å². The molecule has 0 radical (unpaired) electrons. The summed E-state index contributed by atoms with van der Waals surface area (Å²) < 4.78 is 0. The third-order valence-corrected chi connectivity index (χ3v) is 6.04.